The van der Waals surface area contributed by atoms with Crippen LogP contribution in [0, 0.1) is 5.82 Å². The molecule has 0 aliphatic heterocycles. The Bertz CT molecular complexity index is 374. The molecule has 0 aliphatic carbocycles. The third-order valence-corrected chi connectivity index (χ3v) is 2.55. The zero-order valence-electron chi connectivity index (χ0n) is 10.4. The smallest absolute Gasteiger partial charge is 0.127 e. The Balaban J connectivity index is 2.53. The molecule has 1 N–H and O–H groups in total. The van der Waals surface area contributed by atoms with Gasteiger partial charge in [-0.2, -0.15) is 0 Å². The highest BCUT2D eigenvalue weighted by molar-refractivity contribution is 6.30. The molecule has 0 saturated carbocycles. The fraction of sp³-hybridized carbons (Fsp3) is 0.538. The topological polar surface area (TPSA) is 12.0 Å². The number of hydrogen-bond donors (Lipinski definition) is 1. The standard InChI is InChI=1S/C13H18ClF2N/c1-13(2,3)17-8-11(15)6-9-4-5-10(14)7-12(9)16/h4-5,7,11,17H,6,8H2,1-3H3. The highest BCUT2D eigenvalue weighted by Gasteiger charge is 2.15. The highest BCUT2D eigenvalue weighted by atomic mass is 35.5. The van der Waals surface area contributed by atoms with E-state index in [2.05, 4.69) is 5.32 Å². The van der Waals surface area contributed by atoms with Crippen molar-refractivity contribution < 1.29 is 8.78 Å². The fourth-order valence-corrected chi connectivity index (χ4v) is 1.57. The second-order valence-electron chi connectivity index (χ2n) is 5.17. The molecule has 17 heavy (non-hydrogen) atoms. The van der Waals surface area contributed by atoms with Crippen molar-refractivity contribution in [1.82, 2.24) is 5.32 Å². The van der Waals surface area contributed by atoms with Crippen molar-refractivity contribution in [2.75, 3.05) is 6.54 Å². The average molecular weight is 262 g/mol. The minimum Gasteiger partial charge on any atom is -0.309 e. The van der Waals surface area contributed by atoms with Gasteiger partial charge in [-0.3, -0.25) is 0 Å². The first-order valence-electron chi connectivity index (χ1n) is 5.61. The summed E-state index contributed by atoms with van der Waals surface area (Å²) in [6, 6.07) is 4.31. The molecule has 1 nitrogen and oxygen atoms in total. The van der Waals surface area contributed by atoms with E-state index in [1.807, 2.05) is 20.8 Å². The maximum atomic E-state index is 13.6. The molecule has 4 heteroatoms. The van der Waals surface area contributed by atoms with Crippen molar-refractivity contribution in [2.45, 2.75) is 38.9 Å². The SMILES string of the molecule is CC(C)(C)NCC(F)Cc1ccc(Cl)cc1F. The molecule has 1 aromatic carbocycles. The summed E-state index contributed by atoms with van der Waals surface area (Å²) in [6.07, 6.45) is -1.04. The molecule has 0 aliphatic rings. The number of nitrogens with one attached hydrogen (secondary N) is 1. The lowest BCUT2D eigenvalue weighted by molar-refractivity contribution is 0.282. The van der Waals surface area contributed by atoms with E-state index in [-0.39, 0.29) is 18.5 Å². The Labute approximate surface area is 106 Å². The molecule has 1 unspecified atom stereocenters. The summed E-state index contributed by atoms with van der Waals surface area (Å²) in [5.41, 5.74) is 0.223. The number of alkyl halides is 1. The van der Waals surface area contributed by atoms with E-state index in [4.69, 9.17) is 11.6 Å². The van der Waals surface area contributed by atoms with Crippen LogP contribution in [0.2, 0.25) is 5.02 Å². The third-order valence-electron chi connectivity index (χ3n) is 2.31. The summed E-state index contributed by atoms with van der Waals surface area (Å²) >= 11 is 5.63. The van der Waals surface area contributed by atoms with Gasteiger partial charge in [0.2, 0.25) is 0 Å². The van der Waals surface area contributed by atoms with Gasteiger partial charge in [0.1, 0.15) is 12.0 Å². The lowest BCUT2D eigenvalue weighted by atomic mass is 10.1. The van der Waals surface area contributed by atoms with E-state index in [1.54, 1.807) is 6.07 Å². The summed E-state index contributed by atoms with van der Waals surface area (Å²) in [5.74, 6) is -0.448. The molecule has 0 bridgehead atoms. The van der Waals surface area contributed by atoms with Gasteiger partial charge in [-0.25, -0.2) is 8.78 Å². The lowest BCUT2D eigenvalue weighted by Crippen LogP contribution is -2.40. The molecule has 1 rings (SSSR count). The zero-order valence-corrected chi connectivity index (χ0v) is 11.1. The minimum absolute atomic E-state index is 0.0616. The van der Waals surface area contributed by atoms with Gasteiger partial charge in [-0.15, -0.1) is 0 Å². The van der Waals surface area contributed by atoms with Crippen molar-refractivity contribution in [3.05, 3.63) is 34.6 Å². The van der Waals surface area contributed by atoms with E-state index in [9.17, 15) is 8.78 Å². The Morgan fingerprint density at radius 2 is 2.00 bits per heavy atom. The molecule has 0 amide bonds. The number of rotatable bonds is 4. The Morgan fingerprint density at radius 3 is 2.53 bits per heavy atom. The number of benzene rings is 1. The van der Waals surface area contributed by atoms with Gasteiger partial charge in [-0.1, -0.05) is 17.7 Å². The third kappa shape index (κ3) is 5.46. The molecule has 1 aromatic rings. The molecule has 96 valence electrons. The van der Waals surface area contributed by atoms with Crippen molar-refractivity contribution in [1.29, 1.82) is 0 Å². The van der Waals surface area contributed by atoms with E-state index < -0.39 is 12.0 Å². The van der Waals surface area contributed by atoms with Gasteiger partial charge in [-0.05, 0) is 38.5 Å². The van der Waals surface area contributed by atoms with Crippen LogP contribution in [0.3, 0.4) is 0 Å². The summed E-state index contributed by atoms with van der Waals surface area (Å²) < 4.78 is 27.1. The van der Waals surface area contributed by atoms with Crippen LogP contribution in [0.15, 0.2) is 18.2 Å². The van der Waals surface area contributed by atoms with Crippen molar-refractivity contribution in [3.63, 3.8) is 0 Å². The van der Waals surface area contributed by atoms with Crippen LogP contribution in [0.1, 0.15) is 26.3 Å². The van der Waals surface area contributed by atoms with Gasteiger partial charge in [0.25, 0.3) is 0 Å². The van der Waals surface area contributed by atoms with Crippen LogP contribution in [0.5, 0.6) is 0 Å². The van der Waals surface area contributed by atoms with E-state index in [1.165, 1.54) is 12.1 Å². The molecule has 1 atom stereocenters. The van der Waals surface area contributed by atoms with E-state index >= 15 is 0 Å². The molecule has 0 heterocycles. The summed E-state index contributed by atoms with van der Waals surface area (Å²) in [5, 5.41) is 3.38. The molecular weight excluding hydrogens is 244 g/mol. The van der Waals surface area contributed by atoms with Crippen LogP contribution < -0.4 is 5.32 Å². The second kappa shape index (κ2) is 5.78. The largest absolute Gasteiger partial charge is 0.309 e. The Morgan fingerprint density at radius 1 is 1.35 bits per heavy atom. The highest BCUT2D eigenvalue weighted by Crippen LogP contribution is 2.17. The molecule has 0 radical (unpaired) electrons. The summed E-state index contributed by atoms with van der Waals surface area (Å²) in [7, 11) is 0. The summed E-state index contributed by atoms with van der Waals surface area (Å²) in [6.45, 7) is 6.10. The first kappa shape index (κ1) is 14.4. The van der Waals surface area contributed by atoms with Crippen LogP contribution >= 0.6 is 11.6 Å². The van der Waals surface area contributed by atoms with Gasteiger partial charge < -0.3 is 5.32 Å². The predicted molar refractivity (Wildman–Crippen MR) is 67.8 cm³/mol. The average Bonchev–Trinajstić information content (AvgIpc) is 2.18. The lowest BCUT2D eigenvalue weighted by Gasteiger charge is -2.22. The van der Waals surface area contributed by atoms with Crippen molar-refractivity contribution in [3.8, 4) is 0 Å². The molecule has 0 aromatic heterocycles. The number of hydrogen-bond acceptors (Lipinski definition) is 1. The molecule has 0 fully saturated rings. The van der Waals surface area contributed by atoms with Crippen LogP contribution in [-0.2, 0) is 6.42 Å². The Hall–Kier alpha value is -0.670. The van der Waals surface area contributed by atoms with Gasteiger partial charge in [0, 0.05) is 23.5 Å². The number of halogens is 3. The first-order valence-corrected chi connectivity index (χ1v) is 5.99. The monoisotopic (exact) mass is 261 g/mol. The van der Waals surface area contributed by atoms with Gasteiger partial charge >= 0.3 is 0 Å². The minimum atomic E-state index is -1.11. The van der Waals surface area contributed by atoms with E-state index in [0.717, 1.165) is 0 Å². The Kier molecular flexibility index (Phi) is 4.90. The normalized spacial score (nSPS) is 13.8. The molecule has 0 saturated heterocycles. The summed E-state index contributed by atoms with van der Waals surface area (Å²) in [4.78, 5) is 0. The molecule has 0 spiro atoms. The van der Waals surface area contributed by atoms with E-state index in [0.29, 0.717) is 10.6 Å². The van der Waals surface area contributed by atoms with Crippen molar-refractivity contribution >= 4 is 11.6 Å². The first-order chi connectivity index (χ1) is 7.78. The van der Waals surface area contributed by atoms with Crippen molar-refractivity contribution in [2.24, 2.45) is 0 Å². The molecular formula is C13H18ClF2N. The van der Waals surface area contributed by atoms with Crippen LogP contribution in [0.25, 0.3) is 0 Å². The zero-order chi connectivity index (χ0) is 13.1. The van der Waals surface area contributed by atoms with Crippen LogP contribution in [0.4, 0.5) is 8.78 Å². The van der Waals surface area contributed by atoms with Crippen LogP contribution in [-0.4, -0.2) is 18.3 Å². The van der Waals surface area contributed by atoms with Gasteiger partial charge in [0.15, 0.2) is 0 Å². The second-order valence-corrected chi connectivity index (χ2v) is 5.60. The maximum Gasteiger partial charge on any atom is 0.127 e. The maximum absolute atomic E-state index is 13.6. The quantitative estimate of drug-likeness (QED) is 0.871. The fourth-order valence-electron chi connectivity index (χ4n) is 1.41. The predicted octanol–water partition coefficient (Wildman–Crippen LogP) is 3.75. The van der Waals surface area contributed by atoms with Gasteiger partial charge in [0.05, 0.1) is 0 Å².